The Kier molecular flexibility index (Phi) is 5.60. The minimum atomic E-state index is -1.09. The highest BCUT2D eigenvalue weighted by molar-refractivity contribution is 5.98. The van der Waals surface area contributed by atoms with Crippen molar-refractivity contribution in [2.75, 3.05) is 6.61 Å². The molecule has 80 valence electrons. The first-order valence-electron chi connectivity index (χ1n) is 4.58. The highest BCUT2D eigenvalue weighted by Gasteiger charge is 2.13. The zero-order chi connectivity index (χ0) is 11.1. The van der Waals surface area contributed by atoms with Crippen molar-refractivity contribution in [1.29, 1.82) is 0 Å². The minimum Gasteiger partial charge on any atom is -0.478 e. The van der Waals surface area contributed by atoms with Gasteiger partial charge in [-0.15, -0.1) is 0 Å². The Morgan fingerprint density at radius 3 is 2.21 bits per heavy atom. The van der Waals surface area contributed by atoms with Gasteiger partial charge < -0.3 is 9.84 Å². The average molecular weight is 200 g/mol. The summed E-state index contributed by atoms with van der Waals surface area (Å²) in [5.74, 6) is -1.63. The number of esters is 1. The summed E-state index contributed by atoms with van der Waals surface area (Å²) in [6, 6.07) is 0. The van der Waals surface area contributed by atoms with Crippen LogP contribution in [0.4, 0.5) is 0 Å². The quantitative estimate of drug-likeness (QED) is 0.417. The Balaban J connectivity index is 4.25. The second-order valence-electron chi connectivity index (χ2n) is 3.04. The van der Waals surface area contributed by atoms with Gasteiger partial charge in [0.2, 0.25) is 0 Å². The Morgan fingerprint density at radius 2 is 1.79 bits per heavy atom. The number of hydrogen-bond donors (Lipinski definition) is 1. The lowest BCUT2D eigenvalue weighted by Gasteiger charge is -2.05. The van der Waals surface area contributed by atoms with E-state index in [-0.39, 0.29) is 11.1 Å². The van der Waals surface area contributed by atoms with Crippen LogP contribution in [0.1, 0.15) is 33.6 Å². The molecule has 0 aromatic carbocycles. The molecule has 1 N–H and O–H groups in total. The molecule has 0 amide bonds. The molecular formula is C10H16O4. The van der Waals surface area contributed by atoms with Crippen molar-refractivity contribution in [3.8, 4) is 0 Å². The largest absolute Gasteiger partial charge is 0.478 e. The van der Waals surface area contributed by atoms with Crippen LogP contribution < -0.4 is 0 Å². The fourth-order valence-corrected chi connectivity index (χ4v) is 0.731. The van der Waals surface area contributed by atoms with Crippen LogP contribution >= 0.6 is 0 Å². The molecule has 0 aromatic rings. The molecule has 0 saturated heterocycles. The molecule has 0 bridgehead atoms. The van der Waals surface area contributed by atoms with E-state index >= 15 is 0 Å². The monoisotopic (exact) mass is 200 g/mol. The SMILES string of the molecule is CCCCOC(=O)C(C)=C(C)C(=O)O. The van der Waals surface area contributed by atoms with E-state index in [2.05, 4.69) is 0 Å². The van der Waals surface area contributed by atoms with Gasteiger partial charge in [-0.25, -0.2) is 9.59 Å². The van der Waals surface area contributed by atoms with Crippen LogP contribution in [-0.2, 0) is 14.3 Å². The zero-order valence-electron chi connectivity index (χ0n) is 8.79. The zero-order valence-corrected chi connectivity index (χ0v) is 8.79. The van der Waals surface area contributed by atoms with Crippen molar-refractivity contribution in [3.05, 3.63) is 11.1 Å². The summed E-state index contributed by atoms with van der Waals surface area (Å²) < 4.78 is 4.86. The number of rotatable bonds is 5. The summed E-state index contributed by atoms with van der Waals surface area (Å²) in [4.78, 5) is 21.7. The van der Waals surface area contributed by atoms with Gasteiger partial charge in [-0.05, 0) is 20.3 Å². The summed E-state index contributed by atoms with van der Waals surface area (Å²) in [5, 5.41) is 8.61. The predicted octanol–water partition coefficient (Wildman–Crippen LogP) is 1.75. The van der Waals surface area contributed by atoms with Crippen molar-refractivity contribution in [2.45, 2.75) is 33.6 Å². The van der Waals surface area contributed by atoms with Crippen LogP contribution in [0.15, 0.2) is 11.1 Å². The van der Waals surface area contributed by atoms with Gasteiger partial charge in [0, 0.05) is 11.1 Å². The Bertz CT molecular complexity index is 253. The van der Waals surface area contributed by atoms with Crippen molar-refractivity contribution in [2.24, 2.45) is 0 Å². The number of carbonyl (C=O) groups is 2. The summed E-state index contributed by atoms with van der Waals surface area (Å²) >= 11 is 0. The minimum absolute atomic E-state index is 0.0338. The lowest BCUT2D eigenvalue weighted by molar-refractivity contribution is -0.140. The van der Waals surface area contributed by atoms with Crippen LogP contribution in [0.25, 0.3) is 0 Å². The van der Waals surface area contributed by atoms with Crippen LogP contribution in [0.5, 0.6) is 0 Å². The third-order valence-electron chi connectivity index (χ3n) is 1.92. The average Bonchev–Trinajstić information content (AvgIpc) is 2.15. The first kappa shape index (κ1) is 12.7. The number of aliphatic carboxylic acids is 1. The number of carboxylic acids is 1. The molecule has 4 nitrogen and oxygen atoms in total. The van der Waals surface area contributed by atoms with Gasteiger partial charge in [-0.1, -0.05) is 13.3 Å². The highest BCUT2D eigenvalue weighted by atomic mass is 16.5. The van der Waals surface area contributed by atoms with E-state index in [0.29, 0.717) is 6.61 Å². The normalized spacial score (nSPS) is 11.9. The van der Waals surface area contributed by atoms with Crippen LogP contribution in [-0.4, -0.2) is 23.7 Å². The maximum absolute atomic E-state index is 11.2. The molecule has 0 aliphatic rings. The van der Waals surface area contributed by atoms with Crippen LogP contribution in [0, 0.1) is 0 Å². The molecular weight excluding hydrogens is 184 g/mol. The predicted molar refractivity (Wildman–Crippen MR) is 51.9 cm³/mol. The van der Waals surface area contributed by atoms with Crippen LogP contribution in [0.3, 0.4) is 0 Å². The number of unbranched alkanes of at least 4 members (excludes halogenated alkanes) is 1. The van der Waals surface area contributed by atoms with Crippen molar-refractivity contribution in [3.63, 3.8) is 0 Å². The first-order valence-corrected chi connectivity index (χ1v) is 4.58. The van der Waals surface area contributed by atoms with Gasteiger partial charge in [-0.2, -0.15) is 0 Å². The Hall–Kier alpha value is -1.32. The maximum atomic E-state index is 11.2. The molecule has 0 aliphatic heterocycles. The topological polar surface area (TPSA) is 63.6 Å². The van der Waals surface area contributed by atoms with Gasteiger partial charge >= 0.3 is 11.9 Å². The molecule has 0 radical (unpaired) electrons. The number of ether oxygens (including phenoxy) is 1. The van der Waals surface area contributed by atoms with Gasteiger partial charge in [0.15, 0.2) is 0 Å². The molecule has 0 spiro atoms. The fraction of sp³-hybridized carbons (Fsp3) is 0.600. The Morgan fingerprint density at radius 1 is 1.21 bits per heavy atom. The number of carboxylic acid groups (broad SMARTS) is 1. The standard InChI is InChI=1S/C10H16O4/c1-4-5-6-14-10(13)8(3)7(2)9(11)12/h4-6H2,1-3H3,(H,11,12). The van der Waals surface area contributed by atoms with E-state index in [1.54, 1.807) is 0 Å². The summed E-state index contributed by atoms with van der Waals surface area (Å²) in [7, 11) is 0. The Labute approximate surface area is 83.6 Å². The van der Waals surface area contributed by atoms with E-state index in [4.69, 9.17) is 9.84 Å². The molecule has 14 heavy (non-hydrogen) atoms. The second kappa shape index (κ2) is 6.18. The van der Waals surface area contributed by atoms with E-state index in [0.717, 1.165) is 12.8 Å². The number of carbonyl (C=O) groups excluding carboxylic acids is 1. The van der Waals surface area contributed by atoms with Crippen molar-refractivity contribution in [1.82, 2.24) is 0 Å². The molecule has 0 heterocycles. The van der Waals surface area contributed by atoms with E-state index in [1.165, 1.54) is 13.8 Å². The third-order valence-corrected chi connectivity index (χ3v) is 1.92. The molecule has 0 unspecified atom stereocenters. The molecule has 0 fully saturated rings. The first-order chi connectivity index (χ1) is 6.50. The molecule has 4 heteroatoms. The van der Waals surface area contributed by atoms with Gasteiger partial charge in [0.1, 0.15) is 0 Å². The summed E-state index contributed by atoms with van der Waals surface area (Å²) in [5.41, 5.74) is 0.195. The van der Waals surface area contributed by atoms with Crippen molar-refractivity contribution < 1.29 is 19.4 Å². The van der Waals surface area contributed by atoms with Crippen LogP contribution in [0.2, 0.25) is 0 Å². The van der Waals surface area contributed by atoms with Crippen molar-refractivity contribution >= 4 is 11.9 Å². The lowest BCUT2D eigenvalue weighted by Crippen LogP contribution is -2.11. The number of hydrogen-bond acceptors (Lipinski definition) is 3. The molecule has 0 saturated carbocycles. The molecule has 0 atom stereocenters. The van der Waals surface area contributed by atoms with E-state index in [1.807, 2.05) is 6.92 Å². The maximum Gasteiger partial charge on any atom is 0.334 e. The summed E-state index contributed by atoms with van der Waals surface area (Å²) in [6.07, 6.45) is 1.74. The third kappa shape index (κ3) is 4.07. The summed E-state index contributed by atoms with van der Waals surface area (Å²) in [6.45, 7) is 5.18. The molecule has 0 aromatic heterocycles. The fourth-order valence-electron chi connectivity index (χ4n) is 0.731. The van der Waals surface area contributed by atoms with Gasteiger partial charge in [0.05, 0.1) is 6.61 Å². The highest BCUT2D eigenvalue weighted by Crippen LogP contribution is 2.06. The lowest BCUT2D eigenvalue weighted by atomic mass is 10.1. The molecule has 0 rings (SSSR count). The van der Waals surface area contributed by atoms with E-state index in [9.17, 15) is 9.59 Å². The smallest absolute Gasteiger partial charge is 0.334 e. The van der Waals surface area contributed by atoms with Gasteiger partial charge in [0.25, 0.3) is 0 Å². The molecule has 0 aliphatic carbocycles. The second-order valence-corrected chi connectivity index (χ2v) is 3.04. The van der Waals surface area contributed by atoms with E-state index < -0.39 is 11.9 Å². The van der Waals surface area contributed by atoms with Gasteiger partial charge in [-0.3, -0.25) is 0 Å².